The molecular weight excluding hydrogens is 241 g/mol. The molecule has 1 aromatic rings. The molecule has 1 rings (SSSR count). The van der Waals surface area contributed by atoms with Crippen LogP contribution in [0.1, 0.15) is 11.1 Å². The molecule has 0 nitrogen and oxygen atoms in total. The molecule has 0 aliphatic carbocycles. The van der Waals surface area contributed by atoms with Crippen LogP contribution < -0.4 is 0 Å². The van der Waals surface area contributed by atoms with Crippen molar-refractivity contribution in [2.75, 3.05) is 0 Å². The summed E-state index contributed by atoms with van der Waals surface area (Å²) in [6.45, 7) is 4.11. The van der Waals surface area contributed by atoms with Crippen LogP contribution in [0.2, 0.25) is 0 Å². The van der Waals surface area contributed by atoms with Crippen molar-refractivity contribution in [3.05, 3.63) is 35.4 Å². The summed E-state index contributed by atoms with van der Waals surface area (Å²) in [6.07, 6.45) is 0. The molecule has 0 spiro atoms. The van der Waals surface area contributed by atoms with Gasteiger partial charge >= 0.3 is 30.0 Å². The van der Waals surface area contributed by atoms with Gasteiger partial charge in [0.05, 0.1) is 0 Å². The van der Waals surface area contributed by atoms with E-state index < -0.39 is 0 Å². The molecule has 10 heavy (non-hydrogen) atoms. The van der Waals surface area contributed by atoms with Crippen molar-refractivity contribution in [1.29, 1.82) is 0 Å². The Morgan fingerprint density at radius 1 is 1.30 bits per heavy atom. The monoisotopic (exact) mass is 248 g/mol. The average Bonchev–Trinajstić information content (AvgIpc) is 2.00. The van der Waals surface area contributed by atoms with Crippen molar-refractivity contribution in [2.24, 2.45) is 0 Å². The Bertz CT molecular complexity index is 148. The van der Waals surface area contributed by atoms with Crippen molar-refractivity contribution in [3.8, 4) is 0 Å². The Hall–Kier alpha value is 0.323. The maximum absolute atomic E-state index is 3.10. The molecular formula is C8H9BrZn. The van der Waals surface area contributed by atoms with E-state index in [1.165, 1.54) is 27.5 Å². The van der Waals surface area contributed by atoms with Crippen molar-refractivity contribution in [3.63, 3.8) is 0 Å². The minimum absolute atomic E-state index is 1.19. The van der Waals surface area contributed by atoms with Gasteiger partial charge in [-0.25, -0.2) is 0 Å². The Kier molecular flexibility index (Phi) is 6.26. The van der Waals surface area contributed by atoms with Crippen LogP contribution in [0.3, 0.4) is 0 Å². The molecule has 0 saturated carbocycles. The molecule has 0 bridgehead atoms. The fourth-order valence-electron chi connectivity index (χ4n) is 0.580. The van der Waals surface area contributed by atoms with Crippen molar-refractivity contribution < 1.29 is 16.3 Å². The summed E-state index contributed by atoms with van der Waals surface area (Å²) in [6, 6.07) is 9.25. The van der Waals surface area contributed by atoms with E-state index in [1.54, 1.807) is 0 Å². The second-order valence-electron chi connectivity index (χ2n) is 2.05. The summed E-state index contributed by atoms with van der Waals surface area (Å²) in [5.41, 5.74) is 2.48. The van der Waals surface area contributed by atoms with Gasteiger partial charge in [0.1, 0.15) is 0 Å². The molecule has 0 fully saturated rings. The molecule has 0 unspecified atom stereocenters. The third-order valence-corrected chi connectivity index (χ3v) is 1.12. The molecule has 1 aromatic carbocycles. The summed E-state index contributed by atoms with van der Waals surface area (Å²) < 4.78 is 0. The van der Waals surface area contributed by atoms with E-state index in [0.717, 1.165) is 0 Å². The van der Waals surface area contributed by atoms with Crippen LogP contribution in [0, 0.1) is 19.9 Å². The summed E-state index contributed by atoms with van der Waals surface area (Å²) in [5.74, 6) is 0. The zero-order valence-corrected chi connectivity index (χ0v) is 10.9. The van der Waals surface area contributed by atoms with Crippen LogP contribution in [0.25, 0.3) is 0 Å². The topological polar surface area (TPSA) is 0 Å². The van der Waals surface area contributed by atoms with Crippen LogP contribution >= 0.6 is 13.6 Å². The first-order chi connectivity index (χ1) is 4.79. The number of rotatable bonds is 0. The molecule has 0 amide bonds. The van der Waals surface area contributed by atoms with Gasteiger partial charge in [-0.05, 0) is 0 Å². The van der Waals surface area contributed by atoms with E-state index in [2.05, 4.69) is 38.7 Å². The molecule has 2 heteroatoms. The predicted molar refractivity (Wildman–Crippen MR) is 43.7 cm³/mol. The zero-order valence-electron chi connectivity index (χ0n) is 6.32. The summed E-state index contributed by atoms with van der Waals surface area (Å²) in [7, 11) is 0. The summed E-state index contributed by atoms with van der Waals surface area (Å²) >= 11 is 4.25. The van der Waals surface area contributed by atoms with E-state index in [0.29, 0.717) is 0 Å². The van der Waals surface area contributed by atoms with E-state index in [9.17, 15) is 0 Å². The van der Waals surface area contributed by atoms with Gasteiger partial charge in [-0.3, -0.25) is 0 Å². The van der Waals surface area contributed by atoms with Crippen molar-refractivity contribution >= 4 is 13.6 Å². The number of aryl methyl sites for hydroxylation is 2. The van der Waals surface area contributed by atoms with Gasteiger partial charge in [0.15, 0.2) is 0 Å². The predicted octanol–water partition coefficient (Wildman–Crippen LogP) is 2.95. The van der Waals surface area contributed by atoms with Gasteiger partial charge in [0.2, 0.25) is 0 Å². The molecule has 50 valence electrons. The number of halogens is 1. The van der Waals surface area contributed by atoms with E-state index in [4.69, 9.17) is 0 Å². The molecule has 0 aromatic heterocycles. The van der Waals surface area contributed by atoms with Crippen LogP contribution in [-0.4, -0.2) is 0 Å². The Morgan fingerprint density at radius 2 is 1.90 bits per heavy atom. The third-order valence-electron chi connectivity index (χ3n) is 1.12. The zero-order chi connectivity index (χ0) is 7.98. The first-order valence-corrected chi connectivity index (χ1v) is 9.95. The Balaban J connectivity index is 0.000000371. The summed E-state index contributed by atoms with van der Waals surface area (Å²) in [4.78, 5) is 0. The molecule has 0 radical (unpaired) electrons. The van der Waals surface area contributed by atoms with Gasteiger partial charge in [0, 0.05) is 0 Å². The second kappa shape index (κ2) is 6.06. The number of hydrogen-bond acceptors (Lipinski definition) is 0. The maximum atomic E-state index is 3.10. The first kappa shape index (κ1) is 10.3. The van der Waals surface area contributed by atoms with Crippen molar-refractivity contribution in [2.45, 2.75) is 13.8 Å². The van der Waals surface area contributed by atoms with Gasteiger partial charge < -0.3 is 0 Å². The van der Waals surface area contributed by atoms with Gasteiger partial charge in [-0.15, -0.1) is 0 Å². The summed E-state index contributed by atoms with van der Waals surface area (Å²) in [5, 5.41) is 0. The number of benzene rings is 1. The van der Waals surface area contributed by atoms with Gasteiger partial charge in [0.25, 0.3) is 0 Å². The normalized spacial score (nSPS) is 8.10. The fourth-order valence-corrected chi connectivity index (χ4v) is 0.580. The molecule has 0 aliphatic rings. The first-order valence-electron chi connectivity index (χ1n) is 3.01. The van der Waals surface area contributed by atoms with E-state index in [1.807, 2.05) is 13.0 Å². The molecule has 0 heterocycles. The van der Waals surface area contributed by atoms with Crippen LogP contribution in [0.4, 0.5) is 0 Å². The van der Waals surface area contributed by atoms with Crippen LogP contribution in [0.15, 0.2) is 18.2 Å². The third kappa shape index (κ3) is 4.19. The van der Waals surface area contributed by atoms with E-state index >= 15 is 0 Å². The quantitative estimate of drug-likeness (QED) is 0.490. The molecule has 0 atom stereocenters. The standard InChI is InChI=1S/C8H9.BrH.Zn/c1-7-3-5-8(2)6-4-7;;/h3-5H,1-2H3;1H;/q-1;;+2/p-1. The average molecular weight is 250 g/mol. The van der Waals surface area contributed by atoms with Crippen molar-refractivity contribution in [1.82, 2.24) is 0 Å². The number of hydrogen-bond donors (Lipinski definition) is 0. The fraction of sp³-hybridized carbons (Fsp3) is 0.250. The molecule has 0 aliphatic heterocycles. The second-order valence-corrected chi connectivity index (χ2v) is 2.05. The molecule has 0 N–H and O–H groups in total. The van der Waals surface area contributed by atoms with Gasteiger partial charge in [-0.2, -0.15) is 35.4 Å². The minimum atomic E-state index is 1.19. The SMILES string of the molecule is Cc1[c-]cc(C)cc1.[Zn+][Br]. The van der Waals surface area contributed by atoms with E-state index in [-0.39, 0.29) is 0 Å². The van der Waals surface area contributed by atoms with Crippen LogP contribution in [-0.2, 0) is 16.3 Å². The van der Waals surface area contributed by atoms with Gasteiger partial charge in [-0.1, -0.05) is 13.8 Å². The Morgan fingerprint density at radius 3 is 2.20 bits per heavy atom. The Labute approximate surface area is 79.1 Å². The van der Waals surface area contributed by atoms with Crippen LogP contribution in [0.5, 0.6) is 0 Å². The molecule has 0 saturated heterocycles.